The lowest BCUT2D eigenvalue weighted by Gasteiger charge is -2.22. The molecule has 0 atom stereocenters. The van der Waals surface area contributed by atoms with E-state index in [2.05, 4.69) is 40.2 Å². The largest absolute Gasteiger partial charge is 0.373 e. The van der Waals surface area contributed by atoms with Crippen LogP contribution in [-0.4, -0.2) is 25.6 Å². The number of thioether (sulfide) groups is 1. The molecule has 0 saturated heterocycles. The van der Waals surface area contributed by atoms with E-state index in [-0.39, 0.29) is 0 Å². The van der Waals surface area contributed by atoms with Gasteiger partial charge < -0.3 is 4.90 Å². The number of alkyl halides is 1. The molecule has 1 aromatic carbocycles. The van der Waals surface area contributed by atoms with Gasteiger partial charge in [0.2, 0.25) is 0 Å². The predicted octanol–water partition coefficient (Wildman–Crippen LogP) is 4.03. The number of anilines is 1. The quantitative estimate of drug-likeness (QED) is 0.755. The highest BCUT2D eigenvalue weighted by molar-refractivity contribution is 9.08. The van der Waals surface area contributed by atoms with Gasteiger partial charge in [0.25, 0.3) is 0 Å². The summed E-state index contributed by atoms with van der Waals surface area (Å²) in [5.74, 6) is 1.13. The maximum absolute atomic E-state index is 6.15. The molecule has 0 bridgehead atoms. The summed E-state index contributed by atoms with van der Waals surface area (Å²) < 4.78 is 0. The topological polar surface area (TPSA) is 3.24 Å². The Hall–Kier alpha value is 0.140. The molecule has 0 amide bonds. The van der Waals surface area contributed by atoms with Crippen molar-refractivity contribution in [3.05, 3.63) is 28.8 Å². The van der Waals surface area contributed by atoms with Gasteiger partial charge in [0.1, 0.15) is 0 Å². The lowest BCUT2D eigenvalue weighted by molar-refractivity contribution is 0.970. The Labute approximate surface area is 109 Å². The van der Waals surface area contributed by atoms with Crippen molar-refractivity contribution in [2.75, 3.05) is 30.5 Å². The van der Waals surface area contributed by atoms with Crippen molar-refractivity contribution in [2.24, 2.45) is 0 Å². The van der Waals surface area contributed by atoms with Gasteiger partial charge in [0.05, 0.1) is 0 Å². The highest BCUT2D eigenvalue weighted by atomic mass is 79.9. The molecule has 0 radical (unpaired) electrons. The van der Waals surface area contributed by atoms with Crippen LogP contribution in [0.1, 0.15) is 5.56 Å². The summed E-state index contributed by atoms with van der Waals surface area (Å²) in [6.07, 6.45) is 2.12. The second-order valence-electron chi connectivity index (χ2n) is 3.29. The second-order valence-corrected chi connectivity index (χ2v) is 5.24. The van der Waals surface area contributed by atoms with Gasteiger partial charge in [-0.25, -0.2) is 0 Å². The van der Waals surface area contributed by atoms with E-state index >= 15 is 0 Å². The van der Waals surface area contributed by atoms with Crippen LogP contribution in [0.5, 0.6) is 0 Å². The third-order valence-corrected chi connectivity index (χ3v) is 3.78. The van der Waals surface area contributed by atoms with Crippen LogP contribution in [0, 0.1) is 0 Å². The van der Waals surface area contributed by atoms with Gasteiger partial charge in [-0.05, 0) is 18.4 Å². The Morgan fingerprint density at radius 2 is 2.20 bits per heavy atom. The van der Waals surface area contributed by atoms with Crippen molar-refractivity contribution in [1.29, 1.82) is 0 Å². The number of hydrogen-bond acceptors (Lipinski definition) is 2. The average molecular weight is 309 g/mol. The Balaban J connectivity index is 2.87. The van der Waals surface area contributed by atoms with Gasteiger partial charge in [-0.2, -0.15) is 11.8 Å². The van der Waals surface area contributed by atoms with Crippen LogP contribution in [0.3, 0.4) is 0 Å². The average Bonchev–Trinajstić information content (AvgIpc) is 2.25. The molecule has 0 aliphatic carbocycles. The monoisotopic (exact) mass is 307 g/mol. The van der Waals surface area contributed by atoms with Crippen LogP contribution < -0.4 is 4.90 Å². The SMILES string of the molecule is CSCCN(C)c1cccc(Cl)c1CBr. The van der Waals surface area contributed by atoms with Gasteiger partial charge in [-0.3, -0.25) is 0 Å². The summed E-state index contributed by atoms with van der Waals surface area (Å²) >= 11 is 11.5. The van der Waals surface area contributed by atoms with Crippen molar-refractivity contribution in [3.8, 4) is 0 Å². The first kappa shape index (κ1) is 13.2. The van der Waals surface area contributed by atoms with Crippen LogP contribution in [0.25, 0.3) is 0 Å². The molecule has 15 heavy (non-hydrogen) atoms. The van der Waals surface area contributed by atoms with E-state index in [1.54, 1.807) is 0 Å². The first-order chi connectivity index (χ1) is 7.20. The fourth-order valence-electron chi connectivity index (χ4n) is 1.39. The van der Waals surface area contributed by atoms with Gasteiger partial charge in [-0.15, -0.1) is 0 Å². The fraction of sp³-hybridized carbons (Fsp3) is 0.455. The summed E-state index contributed by atoms with van der Waals surface area (Å²) in [6.45, 7) is 1.04. The van der Waals surface area contributed by atoms with E-state index in [4.69, 9.17) is 11.6 Å². The van der Waals surface area contributed by atoms with Gasteiger partial charge in [0.15, 0.2) is 0 Å². The molecule has 0 heterocycles. The first-order valence-electron chi connectivity index (χ1n) is 4.74. The minimum absolute atomic E-state index is 0.797. The van der Waals surface area contributed by atoms with Crippen LogP contribution >= 0.6 is 39.3 Å². The highest BCUT2D eigenvalue weighted by Crippen LogP contribution is 2.28. The van der Waals surface area contributed by atoms with Crippen LogP contribution in [0.4, 0.5) is 5.69 Å². The van der Waals surface area contributed by atoms with Crippen molar-refractivity contribution in [3.63, 3.8) is 0 Å². The van der Waals surface area contributed by atoms with Crippen molar-refractivity contribution < 1.29 is 0 Å². The highest BCUT2D eigenvalue weighted by Gasteiger charge is 2.09. The molecule has 4 heteroatoms. The molecular formula is C11H15BrClNS. The van der Waals surface area contributed by atoms with E-state index in [0.717, 1.165) is 22.7 Å². The van der Waals surface area contributed by atoms with E-state index in [1.165, 1.54) is 11.3 Å². The van der Waals surface area contributed by atoms with Crippen molar-refractivity contribution in [1.82, 2.24) is 0 Å². The molecule has 84 valence electrons. The van der Waals surface area contributed by atoms with E-state index < -0.39 is 0 Å². The summed E-state index contributed by atoms with van der Waals surface area (Å²) in [5.41, 5.74) is 2.39. The second kappa shape index (κ2) is 6.66. The normalized spacial score (nSPS) is 10.4. The molecule has 0 fully saturated rings. The smallest absolute Gasteiger partial charge is 0.0467 e. The van der Waals surface area contributed by atoms with Crippen LogP contribution in [-0.2, 0) is 5.33 Å². The number of halogens is 2. The zero-order chi connectivity index (χ0) is 11.3. The first-order valence-corrected chi connectivity index (χ1v) is 7.63. The number of benzene rings is 1. The standard InChI is InChI=1S/C11H15BrClNS/c1-14(6-7-15-2)11-5-3-4-10(13)9(11)8-12/h3-5H,6-8H2,1-2H3. The van der Waals surface area contributed by atoms with Gasteiger partial charge >= 0.3 is 0 Å². The summed E-state index contributed by atoms with van der Waals surface area (Å²) in [6, 6.07) is 6.05. The summed E-state index contributed by atoms with van der Waals surface area (Å²) in [7, 11) is 2.11. The Kier molecular flexibility index (Phi) is 5.87. The molecule has 0 aliphatic heterocycles. The van der Waals surface area contributed by atoms with E-state index in [0.29, 0.717) is 0 Å². The minimum atomic E-state index is 0.797. The Morgan fingerprint density at radius 1 is 1.47 bits per heavy atom. The molecule has 0 unspecified atom stereocenters. The van der Waals surface area contributed by atoms with E-state index in [9.17, 15) is 0 Å². The lowest BCUT2D eigenvalue weighted by atomic mass is 10.2. The van der Waals surface area contributed by atoms with Crippen molar-refractivity contribution >= 4 is 45.0 Å². The summed E-state index contributed by atoms with van der Waals surface area (Å²) in [5, 5.41) is 1.63. The lowest BCUT2D eigenvalue weighted by Crippen LogP contribution is -2.21. The third-order valence-electron chi connectivity index (χ3n) is 2.27. The molecule has 0 aromatic heterocycles. The molecule has 0 N–H and O–H groups in total. The number of hydrogen-bond donors (Lipinski definition) is 0. The molecule has 1 nitrogen and oxygen atoms in total. The van der Waals surface area contributed by atoms with Crippen molar-refractivity contribution in [2.45, 2.75) is 5.33 Å². The maximum Gasteiger partial charge on any atom is 0.0467 e. The van der Waals surface area contributed by atoms with Gasteiger partial charge in [-0.1, -0.05) is 33.6 Å². The minimum Gasteiger partial charge on any atom is -0.373 e. The molecule has 0 spiro atoms. The van der Waals surface area contributed by atoms with Crippen LogP contribution in [0.2, 0.25) is 5.02 Å². The zero-order valence-corrected chi connectivity index (χ0v) is 12.1. The van der Waals surface area contributed by atoms with Gasteiger partial charge in [0, 0.05) is 40.9 Å². The Morgan fingerprint density at radius 3 is 2.80 bits per heavy atom. The molecule has 1 aromatic rings. The number of rotatable bonds is 5. The van der Waals surface area contributed by atoms with E-state index in [1.807, 2.05) is 23.9 Å². The fourth-order valence-corrected chi connectivity index (χ4v) is 2.83. The molecule has 0 aliphatic rings. The molecule has 1 rings (SSSR count). The number of nitrogens with zero attached hydrogens (tertiary/aromatic N) is 1. The molecular weight excluding hydrogens is 294 g/mol. The summed E-state index contributed by atoms with van der Waals surface area (Å²) in [4.78, 5) is 2.25. The molecule has 0 saturated carbocycles. The Bertz CT molecular complexity index is 319. The zero-order valence-electron chi connectivity index (χ0n) is 8.96. The van der Waals surface area contributed by atoms with Crippen LogP contribution in [0.15, 0.2) is 18.2 Å². The third kappa shape index (κ3) is 3.58. The predicted molar refractivity (Wildman–Crippen MR) is 75.7 cm³/mol. The maximum atomic E-state index is 6.15.